The fourth-order valence-corrected chi connectivity index (χ4v) is 2.18. The van der Waals surface area contributed by atoms with E-state index in [2.05, 4.69) is 27.9 Å². The van der Waals surface area contributed by atoms with Crippen LogP contribution in [0.5, 0.6) is 11.5 Å². The Balaban J connectivity index is 2.15. The zero-order chi connectivity index (χ0) is 15.2. The van der Waals surface area contributed by atoms with E-state index in [0.29, 0.717) is 29.4 Å². The number of benzene rings is 2. The zero-order valence-electron chi connectivity index (χ0n) is 11.9. The molecule has 0 spiro atoms. The molecule has 0 saturated carbocycles. The molecule has 21 heavy (non-hydrogen) atoms. The van der Waals surface area contributed by atoms with Gasteiger partial charge in [0.05, 0.1) is 13.7 Å². The van der Waals surface area contributed by atoms with Gasteiger partial charge in [0.2, 0.25) is 0 Å². The van der Waals surface area contributed by atoms with Gasteiger partial charge in [0, 0.05) is 20.9 Å². The SMILES string of the molecule is CCOc1ccc(NC(=O)c2ccc(I)cc2)cc1OC. The van der Waals surface area contributed by atoms with Crippen molar-refractivity contribution in [3.8, 4) is 11.5 Å². The molecule has 2 rings (SSSR count). The number of carbonyl (C=O) groups is 1. The van der Waals surface area contributed by atoms with E-state index in [-0.39, 0.29) is 5.91 Å². The fraction of sp³-hybridized carbons (Fsp3) is 0.188. The molecule has 1 N–H and O–H groups in total. The molecule has 0 heterocycles. The Morgan fingerprint density at radius 1 is 1.14 bits per heavy atom. The van der Waals surface area contributed by atoms with Gasteiger partial charge in [-0.1, -0.05) is 0 Å². The maximum absolute atomic E-state index is 12.2. The summed E-state index contributed by atoms with van der Waals surface area (Å²) in [5.41, 5.74) is 1.28. The van der Waals surface area contributed by atoms with Gasteiger partial charge in [-0.2, -0.15) is 0 Å². The molecule has 2 aromatic rings. The average Bonchev–Trinajstić information content (AvgIpc) is 2.49. The maximum Gasteiger partial charge on any atom is 0.255 e. The van der Waals surface area contributed by atoms with Gasteiger partial charge in [0.15, 0.2) is 11.5 Å². The van der Waals surface area contributed by atoms with Crippen molar-refractivity contribution in [1.29, 1.82) is 0 Å². The summed E-state index contributed by atoms with van der Waals surface area (Å²) in [5.74, 6) is 1.10. The third-order valence-corrected chi connectivity index (χ3v) is 3.55. The van der Waals surface area contributed by atoms with Crippen LogP contribution in [-0.2, 0) is 0 Å². The van der Waals surface area contributed by atoms with Crippen LogP contribution in [0, 0.1) is 3.57 Å². The standard InChI is InChI=1S/C16H16INO3/c1-3-21-14-9-8-13(10-15(14)20-2)18-16(19)11-4-6-12(17)7-5-11/h4-10H,3H2,1-2H3,(H,18,19). The second-order valence-electron chi connectivity index (χ2n) is 4.26. The number of carbonyl (C=O) groups excluding carboxylic acids is 1. The summed E-state index contributed by atoms with van der Waals surface area (Å²) in [5, 5.41) is 2.84. The number of methoxy groups -OCH3 is 1. The van der Waals surface area contributed by atoms with Crippen LogP contribution in [0.4, 0.5) is 5.69 Å². The highest BCUT2D eigenvalue weighted by Gasteiger charge is 2.09. The second kappa shape index (κ2) is 7.31. The summed E-state index contributed by atoms with van der Waals surface area (Å²) in [6.45, 7) is 2.47. The van der Waals surface area contributed by atoms with E-state index >= 15 is 0 Å². The highest BCUT2D eigenvalue weighted by atomic mass is 127. The van der Waals surface area contributed by atoms with Gasteiger partial charge < -0.3 is 14.8 Å². The summed E-state index contributed by atoms with van der Waals surface area (Å²) >= 11 is 2.20. The van der Waals surface area contributed by atoms with Crippen molar-refractivity contribution >= 4 is 34.2 Å². The molecular weight excluding hydrogens is 381 g/mol. The van der Waals surface area contributed by atoms with E-state index in [4.69, 9.17) is 9.47 Å². The minimum absolute atomic E-state index is 0.155. The molecule has 110 valence electrons. The van der Waals surface area contributed by atoms with Crippen LogP contribution in [0.3, 0.4) is 0 Å². The number of rotatable bonds is 5. The van der Waals surface area contributed by atoms with Gasteiger partial charge >= 0.3 is 0 Å². The van der Waals surface area contributed by atoms with Crippen molar-refractivity contribution in [2.75, 3.05) is 19.0 Å². The Kier molecular flexibility index (Phi) is 5.44. The van der Waals surface area contributed by atoms with Gasteiger partial charge in [-0.15, -0.1) is 0 Å². The van der Waals surface area contributed by atoms with Crippen LogP contribution in [0.2, 0.25) is 0 Å². The summed E-state index contributed by atoms with van der Waals surface area (Å²) in [6.07, 6.45) is 0. The normalized spacial score (nSPS) is 10.0. The number of anilines is 1. The number of ether oxygens (including phenoxy) is 2. The van der Waals surface area contributed by atoms with E-state index in [1.165, 1.54) is 0 Å². The Labute approximate surface area is 137 Å². The third-order valence-electron chi connectivity index (χ3n) is 2.83. The first kappa shape index (κ1) is 15.6. The predicted octanol–water partition coefficient (Wildman–Crippen LogP) is 3.95. The van der Waals surface area contributed by atoms with Gasteiger partial charge in [0.25, 0.3) is 5.91 Å². The molecule has 0 aliphatic carbocycles. The maximum atomic E-state index is 12.2. The molecule has 1 amide bonds. The van der Waals surface area contributed by atoms with Crippen molar-refractivity contribution < 1.29 is 14.3 Å². The monoisotopic (exact) mass is 397 g/mol. The van der Waals surface area contributed by atoms with E-state index in [0.717, 1.165) is 3.57 Å². The number of hydrogen-bond acceptors (Lipinski definition) is 3. The molecule has 0 radical (unpaired) electrons. The van der Waals surface area contributed by atoms with E-state index in [1.807, 2.05) is 19.1 Å². The molecule has 4 nitrogen and oxygen atoms in total. The molecule has 0 saturated heterocycles. The van der Waals surface area contributed by atoms with Crippen LogP contribution >= 0.6 is 22.6 Å². The summed E-state index contributed by atoms with van der Waals surface area (Å²) < 4.78 is 11.8. The lowest BCUT2D eigenvalue weighted by atomic mass is 10.2. The van der Waals surface area contributed by atoms with Crippen molar-refractivity contribution in [3.63, 3.8) is 0 Å². The Morgan fingerprint density at radius 3 is 2.48 bits per heavy atom. The average molecular weight is 397 g/mol. The molecule has 0 unspecified atom stereocenters. The lowest BCUT2D eigenvalue weighted by Gasteiger charge is -2.11. The number of halogens is 1. The van der Waals surface area contributed by atoms with Crippen molar-refractivity contribution in [3.05, 3.63) is 51.6 Å². The van der Waals surface area contributed by atoms with Crippen LogP contribution in [0.15, 0.2) is 42.5 Å². The lowest BCUT2D eigenvalue weighted by Crippen LogP contribution is -2.11. The number of amides is 1. The van der Waals surface area contributed by atoms with Crippen molar-refractivity contribution in [2.45, 2.75) is 6.92 Å². The Hall–Kier alpha value is -1.76. The Morgan fingerprint density at radius 2 is 1.86 bits per heavy atom. The van der Waals surface area contributed by atoms with E-state index in [9.17, 15) is 4.79 Å². The minimum atomic E-state index is -0.155. The van der Waals surface area contributed by atoms with Crippen LogP contribution < -0.4 is 14.8 Å². The number of nitrogens with one attached hydrogen (secondary N) is 1. The quantitative estimate of drug-likeness (QED) is 0.778. The molecule has 2 aromatic carbocycles. The second-order valence-corrected chi connectivity index (χ2v) is 5.51. The first-order chi connectivity index (χ1) is 10.1. The highest BCUT2D eigenvalue weighted by molar-refractivity contribution is 14.1. The first-order valence-corrected chi connectivity index (χ1v) is 7.59. The van der Waals surface area contributed by atoms with Crippen molar-refractivity contribution in [2.24, 2.45) is 0 Å². The van der Waals surface area contributed by atoms with Gasteiger partial charge in [-0.05, 0) is 65.9 Å². The molecule has 0 aliphatic rings. The molecule has 0 fully saturated rings. The summed E-state index contributed by atoms with van der Waals surface area (Å²) in [7, 11) is 1.57. The molecule has 0 atom stereocenters. The molecule has 5 heteroatoms. The molecule has 0 aliphatic heterocycles. The molecule has 0 aromatic heterocycles. The van der Waals surface area contributed by atoms with Crippen molar-refractivity contribution in [1.82, 2.24) is 0 Å². The third kappa shape index (κ3) is 4.10. The van der Waals surface area contributed by atoms with Crippen LogP contribution in [0.1, 0.15) is 17.3 Å². The van der Waals surface area contributed by atoms with E-state index < -0.39 is 0 Å². The van der Waals surface area contributed by atoms with Gasteiger partial charge in [-0.3, -0.25) is 4.79 Å². The molecule has 0 bridgehead atoms. The minimum Gasteiger partial charge on any atom is -0.493 e. The van der Waals surface area contributed by atoms with Gasteiger partial charge in [-0.25, -0.2) is 0 Å². The fourth-order valence-electron chi connectivity index (χ4n) is 1.82. The predicted molar refractivity (Wildman–Crippen MR) is 91.3 cm³/mol. The Bertz CT molecular complexity index is 626. The highest BCUT2D eigenvalue weighted by Crippen LogP contribution is 2.30. The topological polar surface area (TPSA) is 47.6 Å². The first-order valence-electron chi connectivity index (χ1n) is 6.51. The van der Waals surface area contributed by atoms with Gasteiger partial charge in [0.1, 0.15) is 0 Å². The lowest BCUT2D eigenvalue weighted by molar-refractivity contribution is 0.102. The summed E-state index contributed by atoms with van der Waals surface area (Å²) in [6, 6.07) is 12.7. The van der Waals surface area contributed by atoms with Crippen LogP contribution in [-0.4, -0.2) is 19.6 Å². The summed E-state index contributed by atoms with van der Waals surface area (Å²) in [4.78, 5) is 12.2. The van der Waals surface area contributed by atoms with Crippen LogP contribution in [0.25, 0.3) is 0 Å². The number of hydrogen-bond donors (Lipinski definition) is 1. The smallest absolute Gasteiger partial charge is 0.255 e. The molecular formula is C16H16INO3. The zero-order valence-corrected chi connectivity index (χ0v) is 14.0. The largest absolute Gasteiger partial charge is 0.493 e. The van der Waals surface area contributed by atoms with E-state index in [1.54, 1.807) is 37.4 Å².